The molecule has 0 radical (unpaired) electrons. The van der Waals surface area contributed by atoms with Gasteiger partial charge in [-0.1, -0.05) is 6.08 Å². The number of hydrogen-bond donors (Lipinski definition) is 2. The molecule has 2 N–H and O–H groups in total. The van der Waals surface area contributed by atoms with E-state index in [1.807, 2.05) is 18.0 Å². The molecule has 132 valence electrons. The summed E-state index contributed by atoms with van der Waals surface area (Å²) in [5.74, 6) is 0.890. The molecule has 24 heavy (non-hydrogen) atoms. The van der Waals surface area contributed by atoms with E-state index in [2.05, 4.69) is 22.3 Å². The van der Waals surface area contributed by atoms with Gasteiger partial charge in [-0.2, -0.15) is 0 Å². The summed E-state index contributed by atoms with van der Waals surface area (Å²) in [7, 11) is 1.70. The van der Waals surface area contributed by atoms with Gasteiger partial charge in [-0.05, 0) is 44.6 Å². The van der Waals surface area contributed by atoms with Crippen molar-refractivity contribution in [3.8, 4) is 0 Å². The topological polar surface area (TPSA) is 66.0 Å². The summed E-state index contributed by atoms with van der Waals surface area (Å²) in [6.45, 7) is 8.52. The van der Waals surface area contributed by atoms with Gasteiger partial charge in [0.15, 0.2) is 0 Å². The van der Waals surface area contributed by atoms with E-state index in [0.717, 1.165) is 43.7 Å². The van der Waals surface area contributed by atoms with Crippen LogP contribution in [-0.4, -0.2) is 56.9 Å². The number of rotatable bonds is 7. The Labute approximate surface area is 144 Å². The van der Waals surface area contributed by atoms with E-state index in [4.69, 9.17) is 4.74 Å². The zero-order valence-corrected chi connectivity index (χ0v) is 14.7. The van der Waals surface area contributed by atoms with Gasteiger partial charge in [0.1, 0.15) is 5.82 Å². The van der Waals surface area contributed by atoms with Crippen LogP contribution in [-0.2, 0) is 9.53 Å². The number of piperidine rings is 1. The third-order valence-electron chi connectivity index (χ3n) is 4.35. The van der Waals surface area contributed by atoms with E-state index < -0.39 is 0 Å². The highest BCUT2D eigenvalue weighted by molar-refractivity contribution is 5.87. The molecular weight excluding hydrogens is 304 g/mol. The Kier molecular flexibility index (Phi) is 7.06. The van der Waals surface area contributed by atoms with Gasteiger partial charge in [-0.15, -0.1) is 0 Å². The summed E-state index contributed by atoms with van der Waals surface area (Å²) in [4.78, 5) is 18.2. The van der Waals surface area contributed by atoms with Crippen molar-refractivity contribution in [2.45, 2.75) is 32.2 Å². The van der Waals surface area contributed by atoms with Gasteiger partial charge in [-0.25, -0.2) is 4.99 Å². The van der Waals surface area contributed by atoms with Crippen LogP contribution in [0.3, 0.4) is 0 Å². The predicted molar refractivity (Wildman–Crippen MR) is 96.7 cm³/mol. The summed E-state index contributed by atoms with van der Waals surface area (Å²) < 4.78 is 5.17. The minimum atomic E-state index is 0.0768. The molecule has 2 aliphatic heterocycles. The highest BCUT2D eigenvalue weighted by Gasteiger charge is 2.24. The lowest BCUT2D eigenvalue weighted by atomic mass is 10.0. The maximum absolute atomic E-state index is 12.1. The van der Waals surface area contributed by atoms with E-state index in [9.17, 15) is 4.79 Å². The quantitative estimate of drug-likeness (QED) is 0.549. The average Bonchev–Trinajstić information content (AvgIpc) is 3.06. The fourth-order valence-corrected chi connectivity index (χ4v) is 3.11. The van der Waals surface area contributed by atoms with E-state index in [0.29, 0.717) is 13.2 Å². The van der Waals surface area contributed by atoms with E-state index in [1.54, 1.807) is 19.3 Å². The molecule has 1 atom stereocenters. The second-order valence-corrected chi connectivity index (χ2v) is 6.05. The molecule has 1 saturated heterocycles. The predicted octanol–water partition coefficient (Wildman–Crippen LogP) is 1.58. The van der Waals surface area contributed by atoms with Gasteiger partial charge < -0.3 is 20.3 Å². The third-order valence-corrected chi connectivity index (χ3v) is 4.35. The number of hydrogen-bond acceptors (Lipinski definition) is 5. The lowest BCUT2D eigenvalue weighted by molar-refractivity contribution is -0.127. The molecule has 0 aromatic heterocycles. The monoisotopic (exact) mass is 332 g/mol. The standard InChI is InChI=1S/C18H28N4O2/c1-4-6-17(23)22-9-5-7-15(13-22)21-18(19-2)16-12-20-11-14(16)8-10-24-3/h4,6,11,15,20-21H,2,5,7-10,12-13H2,1,3H3/b6-4+,18-16-/t15-/m1/s1. The summed E-state index contributed by atoms with van der Waals surface area (Å²) in [6, 6.07) is 0.199. The number of nitrogens with zero attached hydrogens (tertiary/aromatic N) is 2. The maximum Gasteiger partial charge on any atom is 0.246 e. The molecule has 0 aromatic carbocycles. The molecule has 6 nitrogen and oxygen atoms in total. The molecule has 0 spiro atoms. The molecule has 2 aliphatic rings. The molecule has 0 aromatic rings. The second-order valence-electron chi connectivity index (χ2n) is 6.05. The van der Waals surface area contributed by atoms with Crippen LogP contribution in [0.25, 0.3) is 0 Å². The Morgan fingerprint density at radius 2 is 2.46 bits per heavy atom. The molecule has 0 unspecified atom stereocenters. The van der Waals surface area contributed by atoms with Crippen LogP contribution in [0.1, 0.15) is 26.2 Å². The molecule has 1 amide bonds. The van der Waals surface area contributed by atoms with Crippen molar-refractivity contribution in [3.05, 3.63) is 35.3 Å². The molecule has 6 heteroatoms. The number of ether oxygens (including phenoxy) is 1. The van der Waals surface area contributed by atoms with Gasteiger partial charge in [0, 0.05) is 44.6 Å². The number of nitrogens with one attached hydrogen (secondary N) is 2. The summed E-state index contributed by atoms with van der Waals surface area (Å²) in [5, 5.41) is 6.74. The Bertz CT molecular complexity index is 551. The first-order chi connectivity index (χ1) is 11.7. The number of aliphatic imine (C=N–C) groups is 1. The Balaban J connectivity index is 2.04. The van der Waals surface area contributed by atoms with Crippen molar-refractivity contribution in [1.82, 2.24) is 15.5 Å². The minimum Gasteiger partial charge on any atom is -0.386 e. The molecular formula is C18H28N4O2. The van der Waals surface area contributed by atoms with Crippen molar-refractivity contribution in [3.63, 3.8) is 0 Å². The van der Waals surface area contributed by atoms with Crippen LogP contribution in [0.2, 0.25) is 0 Å². The first-order valence-electron chi connectivity index (χ1n) is 8.49. The fourth-order valence-electron chi connectivity index (χ4n) is 3.11. The third kappa shape index (κ3) is 4.71. The van der Waals surface area contributed by atoms with E-state index in [1.165, 1.54) is 5.57 Å². The lowest BCUT2D eigenvalue weighted by Crippen LogP contribution is -2.47. The van der Waals surface area contributed by atoms with Gasteiger partial charge in [0.05, 0.1) is 6.61 Å². The normalized spacial score (nSPS) is 23.0. The summed E-state index contributed by atoms with van der Waals surface area (Å²) in [6.07, 6.45) is 8.29. The van der Waals surface area contributed by atoms with Gasteiger partial charge >= 0.3 is 0 Å². The SMILES string of the molecule is C=N/C(N[C@@H]1CCCN(C(=O)/C=C/C)C1)=C1\CNC=C1CCOC. The number of likely N-dealkylation sites (tertiary alicyclic amines) is 1. The molecule has 1 fully saturated rings. The van der Waals surface area contributed by atoms with Crippen LogP contribution in [0.5, 0.6) is 0 Å². The molecule has 0 saturated carbocycles. The number of amides is 1. The largest absolute Gasteiger partial charge is 0.386 e. The van der Waals surface area contributed by atoms with Gasteiger partial charge in [-0.3, -0.25) is 4.79 Å². The van der Waals surface area contributed by atoms with Crippen LogP contribution in [0, 0.1) is 0 Å². The van der Waals surface area contributed by atoms with Crippen molar-refractivity contribution < 1.29 is 9.53 Å². The Morgan fingerprint density at radius 1 is 1.62 bits per heavy atom. The van der Waals surface area contributed by atoms with Crippen molar-refractivity contribution in [1.29, 1.82) is 0 Å². The summed E-state index contributed by atoms with van der Waals surface area (Å²) >= 11 is 0. The number of allylic oxidation sites excluding steroid dienone is 1. The number of carbonyl (C=O) groups is 1. The van der Waals surface area contributed by atoms with Crippen LogP contribution < -0.4 is 10.6 Å². The van der Waals surface area contributed by atoms with Crippen LogP contribution in [0.15, 0.2) is 40.3 Å². The van der Waals surface area contributed by atoms with Crippen molar-refractivity contribution in [2.75, 3.05) is 33.4 Å². The molecule has 2 heterocycles. The van der Waals surface area contributed by atoms with Crippen molar-refractivity contribution >= 4 is 12.6 Å². The van der Waals surface area contributed by atoms with Crippen LogP contribution >= 0.6 is 0 Å². The molecule has 2 rings (SSSR count). The van der Waals surface area contributed by atoms with Crippen molar-refractivity contribution in [2.24, 2.45) is 4.99 Å². The van der Waals surface area contributed by atoms with E-state index >= 15 is 0 Å². The average molecular weight is 332 g/mol. The van der Waals surface area contributed by atoms with Gasteiger partial charge in [0.2, 0.25) is 5.91 Å². The lowest BCUT2D eigenvalue weighted by Gasteiger charge is -2.33. The first-order valence-corrected chi connectivity index (χ1v) is 8.49. The number of carbonyl (C=O) groups excluding carboxylic acids is 1. The fraction of sp³-hybridized carbons (Fsp3) is 0.556. The highest BCUT2D eigenvalue weighted by Crippen LogP contribution is 2.22. The zero-order valence-electron chi connectivity index (χ0n) is 14.7. The number of methoxy groups -OCH3 is 1. The molecule has 0 bridgehead atoms. The first kappa shape index (κ1) is 18.3. The minimum absolute atomic E-state index is 0.0768. The maximum atomic E-state index is 12.1. The summed E-state index contributed by atoms with van der Waals surface area (Å²) in [5.41, 5.74) is 2.34. The highest BCUT2D eigenvalue weighted by atomic mass is 16.5. The van der Waals surface area contributed by atoms with E-state index in [-0.39, 0.29) is 11.9 Å². The molecule has 0 aliphatic carbocycles. The van der Waals surface area contributed by atoms with Gasteiger partial charge in [0.25, 0.3) is 0 Å². The Morgan fingerprint density at radius 3 is 3.17 bits per heavy atom. The van der Waals surface area contributed by atoms with Crippen LogP contribution in [0.4, 0.5) is 0 Å². The second kappa shape index (κ2) is 9.27. The smallest absolute Gasteiger partial charge is 0.246 e. The zero-order chi connectivity index (χ0) is 17.4. The Hall–Kier alpha value is -2.08.